The van der Waals surface area contributed by atoms with Crippen molar-refractivity contribution in [3.63, 3.8) is 0 Å². The number of carbonyl (C=O) groups is 1. The molecule has 0 saturated heterocycles. The Morgan fingerprint density at radius 1 is 1.32 bits per heavy atom. The van der Waals surface area contributed by atoms with Crippen molar-refractivity contribution in [3.05, 3.63) is 40.9 Å². The molecule has 5 nitrogen and oxygen atoms in total. The van der Waals surface area contributed by atoms with Gasteiger partial charge < -0.3 is 5.32 Å². The predicted octanol–water partition coefficient (Wildman–Crippen LogP) is 3.67. The van der Waals surface area contributed by atoms with Crippen LogP contribution >= 0.6 is 22.9 Å². The summed E-state index contributed by atoms with van der Waals surface area (Å²) in [7, 11) is 0. The number of halogens is 1. The first-order valence-corrected chi connectivity index (χ1v) is 8.21. The van der Waals surface area contributed by atoms with Gasteiger partial charge in [-0.15, -0.1) is 10.2 Å². The van der Waals surface area contributed by atoms with Gasteiger partial charge in [-0.25, -0.2) is 0 Å². The van der Waals surface area contributed by atoms with E-state index in [0.717, 1.165) is 23.2 Å². The number of anilines is 2. The van der Waals surface area contributed by atoms with Crippen molar-refractivity contribution >= 4 is 45.2 Å². The van der Waals surface area contributed by atoms with Gasteiger partial charge in [0.25, 0.3) is 0 Å². The molecule has 1 fully saturated rings. The average Bonchev–Trinajstić information content (AvgIpc) is 3.24. The zero-order valence-electron chi connectivity index (χ0n) is 11.8. The van der Waals surface area contributed by atoms with Gasteiger partial charge in [0.15, 0.2) is 0 Å². The lowest BCUT2D eigenvalue weighted by Gasteiger charge is -1.98. The predicted molar refractivity (Wildman–Crippen MR) is 90.2 cm³/mol. The first kappa shape index (κ1) is 15.0. The number of hydrogen-bond acceptors (Lipinski definition) is 5. The van der Waals surface area contributed by atoms with Gasteiger partial charge in [-0.05, 0) is 36.5 Å². The molecule has 3 rings (SSSR count). The SMILES string of the molecule is O=C(/C=C/c1ccccc1Cl)Nc1nnc(NCC2CC2)s1. The number of aromatic nitrogens is 2. The topological polar surface area (TPSA) is 66.9 Å². The summed E-state index contributed by atoms with van der Waals surface area (Å²) < 4.78 is 0. The molecule has 114 valence electrons. The van der Waals surface area contributed by atoms with Gasteiger partial charge in [-0.2, -0.15) is 0 Å². The van der Waals surface area contributed by atoms with E-state index in [1.807, 2.05) is 18.2 Å². The maximum atomic E-state index is 11.9. The third-order valence-electron chi connectivity index (χ3n) is 3.21. The summed E-state index contributed by atoms with van der Waals surface area (Å²) in [5.41, 5.74) is 0.795. The van der Waals surface area contributed by atoms with Crippen LogP contribution in [0.15, 0.2) is 30.3 Å². The Balaban J connectivity index is 1.53. The molecule has 0 radical (unpaired) electrons. The number of nitrogens with one attached hydrogen (secondary N) is 2. The maximum Gasteiger partial charge on any atom is 0.250 e. The molecule has 1 aliphatic carbocycles. The lowest BCUT2D eigenvalue weighted by molar-refractivity contribution is -0.111. The van der Waals surface area contributed by atoms with Gasteiger partial charge in [0, 0.05) is 17.6 Å². The normalized spacial score (nSPS) is 14.2. The van der Waals surface area contributed by atoms with Crippen molar-refractivity contribution < 1.29 is 4.79 Å². The fraction of sp³-hybridized carbons (Fsp3) is 0.267. The third kappa shape index (κ3) is 4.29. The van der Waals surface area contributed by atoms with E-state index in [9.17, 15) is 4.79 Å². The zero-order valence-corrected chi connectivity index (χ0v) is 13.3. The molecule has 1 saturated carbocycles. The number of nitrogens with zero attached hydrogens (tertiary/aromatic N) is 2. The number of benzene rings is 1. The molecule has 1 heterocycles. The van der Waals surface area contributed by atoms with E-state index in [1.165, 1.54) is 30.3 Å². The average molecular weight is 335 g/mol. The van der Waals surface area contributed by atoms with Crippen LogP contribution in [0.2, 0.25) is 5.02 Å². The van der Waals surface area contributed by atoms with Crippen molar-refractivity contribution in [2.45, 2.75) is 12.8 Å². The number of carbonyl (C=O) groups excluding carboxylic acids is 1. The van der Waals surface area contributed by atoms with Crippen molar-refractivity contribution in [1.29, 1.82) is 0 Å². The number of hydrogen-bond donors (Lipinski definition) is 2. The Labute approximate surface area is 137 Å². The van der Waals surface area contributed by atoms with Gasteiger partial charge in [-0.3, -0.25) is 10.1 Å². The van der Waals surface area contributed by atoms with E-state index in [2.05, 4.69) is 20.8 Å². The second-order valence-corrected chi connectivity index (χ2v) is 6.47. The first-order chi connectivity index (χ1) is 10.7. The molecule has 1 aromatic carbocycles. The van der Waals surface area contributed by atoms with Gasteiger partial charge >= 0.3 is 0 Å². The minimum absolute atomic E-state index is 0.259. The quantitative estimate of drug-likeness (QED) is 0.791. The summed E-state index contributed by atoms with van der Waals surface area (Å²) in [4.78, 5) is 11.9. The Morgan fingerprint density at radius 2 is 2.09 bits per heavy atom. The van der Waals surface area contributed by atoms with Crippen LogP contribution in [-0.4, -0.2) is 22.6 Å². The molecule has 1 aliphatic rings. The van der Waals surface area contributed by atoms with Crippen molar-refractivity contribution in [2.75, 3.05) is 17.2 Å². The van der Waals surface area contributed by atoms with Crippen LogP contribution in [0.1, 0.15) is 18.4 Å². The lowest BCUT2D eigenvalue weighted by Crippen LogP contribution is -2.07. The van der Waals surface area contributed by atoms with Crippen LogP contribution in [0, 0.1) is 5.92 Å². The van der Waals surface area contributed by atoms with Gasteiger partial charge in [0.1, 0.15) is 0 Å². The van der Waals surface area contributed by atoms with Crippen LogP contribution in [-0.2, 0) is 4.79 Å². The number of amides is 1. The summed E-state index contributed by atoms with van der Waals surface area (Å²) >= 11 is 7.36. The van der Waals surface area contributed by atoms with Crippen LogP contribution in [0.3, 0.4) is 0 Å². The summed E-state index contributed by atoms with van der Waals surface area (Å²) in [6.45, 7) is 0.926. The molecular formula is C15H15ClN4OS. The van der Waals surface area contributed by atoms with Gasteiger partial charge in [0.2, 0.25) is 16.2 Å². The van der Waals surface area contributed by atoms with E-state index in [-0.39, 0.29) is 5.91 Å². The van der Waals surface area contributed by atoms with Crippen LogP contribution < -0.4 is 10.6 Å². The maximum absolute atomic E-state index is 11.9. The molecule has 7 heteroatoms. The summed E-state index contributed by atoms with van der Waals surface area (Å²) in [6, 6.07) is 7.34. The number of rotatable bonds is 6. The first-order valence-electron chi connectivity index (χ1n) is 7.01. The smallest absolute Gasteiger partial charge is 0.250 e. The molecule has 0 aliphatic heterocycles. The highest BCUT2D eigenvalue weighted by Crippen LogP contribution is 2.29. The van der Waals surface area contributed by atoms with Crippen LogP contribution in [0.5, 0.6) is 0 Å². The lowest BCUT2D eigenvalue weighted by atomic mass is 10.2. The monoisotopic (exact) mass is 334 g/mol. The second kappa shape index (κ2) is 6.89. The minimum atomic E-state index is -0.259. The molecule has 1 amide bonds. The van der Waals surface area contributed by atoms with Gasteiger partial charge in [-0.1, -0.05) is 41.1 Å². The molecular weight excluding hydrogens is 320 g/mol. The van der Waals surface area contributed by atoms with E-state index in [1.54, 1.807) is 12.1 Å². The highest BCUT2D eigenvalue weighted by molar-refractivity contribution is 7.19. The third-order valence-corrected chi connectivity index (χ3v) is 4.35. The summed E-state index contributed by atoms with van der Waals surface area (Å²) in [5, 5.41) is 15.7. The fourth-order valence-corrected chi connectivity index (χ4v) is 2.67. The summed E-state index contributed by atoms with van der Waals surface area (Å²) in [6.07, 6.45) is 5.66. The molecule has 0 unspecified atom stereocenters. The Morgan fingerprint density at radius 3 is 2.86 bits per heavy atom. The van der Waals surface area contributed by atoms with Crippen LogP contribution in [0.4, 0.5) is 10.3 Å². The zero-order chi connectivity index (χ0) is 15.4. The van der Waals surface area contributed by atoms with Gasteiger partial charge in [0.05, 0.1) is 0 Å². The van der Waals surface area contributed by atoms with E-state index < -0.39 is 0 Å². The van der Waals surface area contributed by atoms with E-state index in [0.29, 0.717) is 10.2 Å². The highest BCUT2D eigenvalue weighted by atomic mass is 35.5. The molecule has 0 bridgehead atoms. The Bertz CT molecular complexity index is 696. The Kier molecular flexibility index (Phi) is 4.70. The molecule has 2 N–H and O–H groups in total. The van der Waals surface area contributed by atoms with Crippen molar-refractivity contribution in [3.8, 4) is 0 Å². The molecule has 2 aromatic rings. The minimum Gasteiger partial charge on any atom is -0.360 e. The van der Waals surface area contributed by atoms with Crippen molar-refractivity contribution in [1.82, 2.24) is 10.2 Å². The molecule has 22 heavy (non-hydrogen) atoms. The molecule has 0 atom stereocenters. The molecule has 0 spiro atoms. The summed E-state index contributed by atoms with van der Waals surface area (Å²) in [5.74, 6) is 0.505. The largest absolute Gasteiger partial charge is 0.360 e. The fourth-order valence-electron chi connectivity index (χ4n) is 1.82. The molecule has 1 aromatic heterocycles. The standard InChI is InChI=1S/C15H15ClN4OS/c16-12-4-2-1-3-11(12)7-8-13(21)18-15-20-19-14(22-15)17-9-10-5-6-10/h1-4,7-8,10H,5-6,9H2,(H,17,19)(H,18,20,21)/b8-7+. The highest BCUT2D eigenvalue weighted by Gasteiger charge is 2.21. The van der Waals surface area contributed by atoms with E-state index >= 15 is 0 Å². The van der Waals surface area contributed by atoms with Crippen LogP contribution in [0.25, 0.3) is 6.08 Å². The Hall–Kier alpha value is -1.92. The van der Waals surface area contributed by atoms with E-state index in [4.69, 9.17) is 11.6 Å². The van der Waals surface area contributed by atoms with Crippen molar-refractivity contribution in [2.24, 2.45) is 5.92 Å². The second-order valence-electron chi connectivity index (χ2n) is 5.08.